The van der Waals surface area contributed by atoms with Crippen LogP contribution in [0.4, 0.5) is 17.1 Å². The Bertz CT molecular complexity index is 2520. The Hall–Kier alpha value is -3.61. The third kappa shape index (κ3) is 5.54. The average molecular weight is 891 g/mol. The second kappa shape index (κ2) is 11.7. The molecule has 2 aromatic heterocycles. The van der Waals surface area contributed by atoms with Crippen molar-refractivity contribution in [3.63, 3.8) is 0 Å². The summed E-state index contributed by atoms with van der Waals surface area (Å²) < 4.78 is 33.0. The second-order valence-electron chi connectivity index (χ2n) is 17.8. The van der Waals surface area contributed by atoms with E-state index >= 15 is 0 Å². The Morgan fingerprint density at radius 1 is 0.712 bits per heavy atom. The summed E-state index contributed by atoms with van der Waals surface area (Å²) in [5.74, 6) is 0.732. The minimum Gasteiger partial charge on any atom is -0.325 e. The second-order valence-corrected chi connectivity index (χ2v) is 19.7. The number of hydrogen-bond donors (Lipinski definition) is 0. The number of benzene rings is 4. The van der Waals surface area contributed by atoms with Crippen molar-refractivity contribution >= 4 is 48.7 Å². The van der Waals surface area contributed by atoms with E-state index in [9.17, 15) is 8.42 Å². The predicted molar refractivity (Wildman–Crippen MR) is 209 cm³/mol. The van der Waals surface area contributed by atoms with Crippen molar-refractivity contribution in [3.05, 3.63) is 121 Å². The number of nitrogens with zero attached hydrogens (tertiary/aromatic N) is 4. The summed E-state index contributed by atoms with van der Waals surface area (Å²) in [6.07, 6.45) is 1.83. The van der Waals surface area contributed by atoms with Gasteiger partial charge in [0.15, 0.2) is 27.9 Å². The van der Waals surface area contributed by atoms with Crippen LogP contribution in [0.15, 0.2) is 94.9 Å². The summed E-state index contributed by atoms with van der Waals surface area (Å²) in [4.78, 5) is 5.06. The minimum absolute atomic E-state index is 0. The molecular formula is C44H47N4O2PtS-. The van der Waals surface area contributed by atoms with Gasteiger partial charge >= 0.3 is 0 Å². The summed E-state index contributed by atoms with van der Waals surface area (Å²) >= 11 is 0. The van der Waals surface area contributed by atoms with Crippen molar-refractivity contribution in [1.29, 1.82) is 0 Å². The molecule has 6 aromatic rings. The van der Waals surface area contributed by atoms with E-state index in [-0.39, 0.29) is 47.1 Å². The Kier molecular flexibility index (Phi) is 8.26. The van der Waals surface area contributed by atoms with Gasteiger partial charge in [0.1, 0.15) is 5.82 Å². The SMILES string of the molecule is CC(C)(C)c1cc([N@@+]23[CH-][N@@+](C)(C2)c2ccc(C(C)(C)C)cc23)[c-]c(S(=O)(=O)c2[c-]c3c(cc2)c2ccccc2n3-c2cc(C(C)(C)C)ccn2)c1.[Pt]. The molecule has 9 rings (SSSR count). The number of aromatic nitrogens is 2. The topological polar surface area (TPSA) is 52.0 Å². The Labute approximate surface area is 323 Å². The monoisotopic (exact) mass is 890 g/mol. The summed E-state index contributed by atoms with van der Waals surface area (Å²) in [5, 5.41) is 1.95. The minimum atomic E-state index is -4.04. The van der Waals surface area contributed by atoms with E-state index in [0.717, 1.165) is 45.6 Å². The molecule has 272 valence electrons. The number of rotatable bonds is 4. The van der Waals surface area contributed by atoms with Crippen LogP contribution in [0.5, 0.6) is 0 Å². The van der Waals surface area contributed by atoms with Gasteiger partial charge in [0.25, 0.3) is 0 Å². The van der Waals surface area contributed by atoms with Crippen molar-refractivity contribution in [2.24, 2.45) is 0 Å². The molecule has 3 aliphatic rings. The van der Waals surface area contributed by atoms with E-state index in [1.807, 2.05) is 41.1 Å². The van der Waals surface area contributed by atoms with Crippen LogP contribution < -0.4 is 8.97 Å². The molecule has 0 saturated carbocycles. The van der Waals surface area contributed by atoms with Crippen molar-refractivity contribution in [2.75, 3.05) is 13.7 Å². The van der Waals surface area contributed by atoms with Crippen molar-refractivity contribution in [3.8, 4) is 5.82 Å². The van der Waals surface area contributed by atoms with Gasteiger partial charge < -0.3 is 13.5 Å². The molecule has 5 heterocycles. The molecule has 2 atom stereocenters. The van der Waals surface area contributed by atoms with Gasteiger partial charge in [-0.15, -0.1) is 35.2 Å². The quantitative estimate of drug-likeness (QED) is 0.131. The third-order valence-electron chi connectivity index (χ3n) is 10.9. The first-order valence-corrected chi connectivity index (χ1v) is 19.2. The molecule has 0 amide bonds. The standard InChI is InChI=1S/C44H47N4O2S.Pt/c1-42(2,3)29-15-18-39-40(23-29)48(27-47(39,10)28-48)32-21-31(44(7,8)9)22-34(25-32)51(49,50)33-16-17-36-35-13-11-12-14-37(35)46(38(36)26-33)41-24-30(19-20-45-41)43(4,5)6;/h11-24,27H,28H2,1-10H3;/q-1;/t47-,48+;/m0./s1. The first-order chi connectivity index (χ1) is 23.7. The average Bonchev–Trinajstić information content (AvgIpc) is 3.62. The zero-order valence-electron chi connectivity index (χ0n) is 31.7. The van der Waals surface area contributed by atoms with E-state index in [1.165, 1.54) is 16.9 Å². The number of fused-ring (bicyclic) bond motifs is 3. The van der Waals surface area contributed by atoms with Gasteiger partial charge in [-0.3, -0.25) is 0 Å². The van der Waals surface area contributed by atoms with Gasteiger partial charge in [-0.05, 0) is 60.7 Å². The van der Waals surface area contributed by atoms with Crippen LogP contribution in [0.1, 0.15) is 79.0 Å². The zero-order valence-corrected chi connectivity index (χ0v) is 34.8. The third-order valence-corrected chi connectivity index (χ3v) is 12.5. The van der Waals surface area contributed by atoms with Crippen LogP contribution in [0.2, 0.25) is 0 Å². The fraction of sp³-hybridized carbons (Fsp3) is 0.318. The molecule has 0 radical (unpaired) electrons. The number of hydrogen-bond acceptors (Lipinski definition) is 3. The van der Waals surface area contributed by atoms with Gasteiger partial charge in [-0.25, -0.2) is 13.4 Å². The number of para-hydroxylation sites is 1. The van der Waals surface area contributed by atoms with Crippen LogP contribution in [-0.4, -0.2) is 31.7 Å². The van der Waals surface area contributed by atoms with Gasteiger partial charge in [0.05, 0.1) is 13.7 Å². The Balaban J connectivity index is 0.00000420. The Morgan fingerprint density at radius 3 is 2.04 bits per heavy atom. The summed E-state index contributed by atoms with van der Waals surface area (Å²) in [6.45, 7) is 22.7. The van der Waals surface area contributed by atoms with Gasteiger partial charge in [-0.1, -0.05) is 92.1 Å². The first kappa shape index (κ1) is 36.7. The first-order valence-electron chi connectivity index (χ1n) is 17.7. The fourth-order valence-corrected chi connectivity index (χ4v) is 9.11. The fourth-order valence-electron chi connectivity index (χ4n) is 7.88. The molecule has 0 unspecified atom stereocenters. The predicted octanol–water partition coefficient (Wildman–Crippen LogP) is 10.2. The van der Waals surface area contributed by atoms with Crippen LogP contribution in [0.25, 0.3) is 27.6 Å². The molecule has 4 aromatic carbocycles. The maximum atomic E-state index is 14.9. The van der Waals surface area contributed by atoms with Gasteiger partial charge in [-0.2, -0.15) is 12.1 Å². The van der Waals surface area contributed by atoms with Gasteiger partial charge in [0, 0.05) is 50.6 Å². The van der Waals surface area contributed by atoms with Crippen LogP contribution in [0, 0.1) is 18.8 Å². The van der Waals surface area contributed by atoms with Crippen molar-refractivity contribution in [1.82, 2.24) is 18.5 Å². The molecule has 8 heteroatoms. The normalized spacial score (nSPS) is 20.1. The van der Waals surface area contributed by atoms with E-state index in [0.29, 0.717) is 14.5 Å². The van der Waals surface area contributed by atoms with Crippen LogP contribution >= 0.6 is 0 Å². The van der Waals surface area contributed by atoms with Crippen molar-refractivity contribution < 1.29 is 29.5 Å². The number of sulfone groups is 1. The molecule has 1 saturated heterocycles. The van der Waals surface area contributed by atoms with Gasteiger partial charge in [0.2, 0.25) is 0 Å². The molecular weight excluding hydrogens is 844 g/mol. The number of pyridine rings is 1. The maximum Gasteiger partial charge on any atom is 0.179 e. The Morgan fingerprint density at radius 2 is 1.37 bits per heavy atom. The zero-order chi connectivity index (χ0) is 36.5. The molecule has 52 heavy (non-hydrogen) atoms. The van der Waals surface area contributed by atoms with E-state index in [2.05, 4.69) is 131 Å². The molecule has 6 nitrogen and oxygen atoms in total. The molecule has 0 N–H and O–H groups in total. The molecule has 1 fully saturated rings. The summed E-state index contributed by atoms with van der Waals surface area (Å²) in [5.41, 5.74) is 7.87. The smallest absolute Gasteiger partial charge is 0.179 e. The maximum absolute atomic E-state index is 14.9. The van der Waals surface area contributed by atoms with E-state index in [1.54, 1.807) is 6.07 Å². The van der Waals surface area contributed by atoms with E-state index in [4.69, 9.17) is 4.98 Å². The number of quaternary nitrogens is 2. The van der Waals surface area contributed by atoms with Crippen LogP contribution in [-0.2, 0) is 47.1 Å². The van der Waals surface area contributed by atoms with Crippen molar-refractivity contribution in [2.45, 2.75) is 88.3 Å². The molecule has 0 spiro atoms. The molecule has 2 bridgehead atoms. The molecule has 0 aliphatic carbocycles. The largest absolute Gasteiger partial charge is 0.325 e. The summed E-state index contributed by atoms with van der Waals surface area (Å²) in [6, 6.07) is 33.5. The summed E-state index contributed by atoms with van der Waals surface area (Å²) in [7, 11) is -1.82. The van der Waals surface area contributed by atoms with E-state index < -0.39 is 9.84 Å². The molecule has 3 aliphatic heterocycles. The van der Waals surface area contributed by atoms with Crippen LogP contribution in [0.3, 0.4) is 0 Å².